The Morgan fingerprint density at radius 2 is 1.91 bits per heavy atom. The highest BCUT2D eigenvalue weighted by Crippen LogP contribution is 2.20. The normalized spacial score (nSPS) is 10.7. The predicted molar refractivity (Wildman–Crippen MR) is 92.9 cm³/mol. The van der Waals surface area contributed by atoms with Crippen molar-refractivity contribution in [1.82, 2.24) is 15.3 Å². The number of aryl methyl sites for hydroxylation is 1. The second kappa shape index (κ2) is 7.15. The van der Waals surface area contributed by atoms with E-state index in [-0.39, 0.29) is 6.03 Å². The van der Waals surface area contributed by atoms with Crippen molar-refractivity contribution in [2.24, 2.45) is 0 Å². The lowest BCUT2D eigenvalue weighted by Crippen LogP contribution is -2.29. The number of H-pyrrole nitrogens is 1. The van der Waals surface area contributed by atoms with Gasteiger partial charge < -0.3 is 15.6 Å². The van der Waals surface area contributed by atoms with Gasteiger partial charge in [-0.3, -0.25) is 0 Å². The van der Waals surface area contributed by atoms with E-state index < -0.39 is 0 Å². The topological polar surface area (TPSA) is 69.8 Å². The average molecular weight is 329 g/mol. The summed E-state index contributed by atoms with van der Waals surface area (Å²) in [4.78, 5) is 19.6. The van der Waals surface area contributed by atoms with E-state index in [1.807, 2.05) is 36.4 Å². The number of carbonyl (C=O) groups is 1. The maximum Gasteiger partial charge on any atom is 0.319 e. The molecule has 0 aliphatic carbocycles. The molecule has 1 aromatic heterocycles. The summed E-state index contributed by atoms with van der Waals surface area (Å²) in [7, 11) is 0. The van der Waals surface area contributed by atoms with E-state index >= 15 is 0 Å². The van der Waals surface area contributed by atoms with Crippen molar-refractivity contribution in [1.29, 1.82) is 0 Å². The van der Waals surface area contributed by atoms with Gasteiger partial charge in [0.1, 0.15) is 5.82 Å². The van der Waals surface area contributed by atoms with E-state index in [1.54, 1.807) is 12.1 Å². The molecular weight excluding hydrogens is 312 g/mol. The molecule has 3 aromatic rings. The molecule has 1 heterocycles. The molecule has 3 rings (SSSR count). The van der Waals surface area contributed by atoms with Crippen LogP contribution < -0.4 is 10.6 Å². The third kappa shape index (κ3) is 4.02. The third-order valence-corrected chi connectivity index (χ3v) is 3.77. The average Bonchev–Trinajstić information content (AvgIpc) is 2.96. The number of fused-ring (bicyclic) bond motifs is 1. The Morgan fingerprint density at radius 3 is 2.74 bits per heavy atom. The first-order valence-electron chi connectivity index (χ1n) is 7.45. The predicted octanol–water partition coefficient (Wildman–Crippen LogP) is 3.97. The van der Waals surface area contributed by atoms with E-state index in [4.69, 9.17) is 11.6 Å². The monoisotopic (exact) mass is 328 g/mol. The van der Waals surface area contributed by atoms with Gasteiger partial charge in [-0.05, 0) is 30.7 Å². The summed E-state index contributed by atoms with van der Waals surface area (Å²) in [5.41, 5.74) is 2.60. The Hall–Kier alpha value is -2.53. The minimum atomic E-state index is -0.261. The fourth-order valence-electron chi connectivity index (χ4n) is 2.31. The Kier molecular flexibility index (Phi) is 4.78. The molecule has 6 heteroatoms. The number of nitrogens with one attached hydrogen (secondary N) is 3. The van der Waals surface area contributed by atoms with Crippen molar-refractivity contribution >= 4 is 34.4 Å². The van der Waals surface area contributed by atoms with Crippen LogP contribution in [0.5, 0.6) is 0 Å². The molecule has 0 radical (unpaired) electrons. The lowest BCUT2D eigenvalue weighted by molar-refractivity contribution is 0.252. The highest BCUT2D eigenvalue weighted by atomic mass is 35.5. The molecule has 0 aliphatic heterocycles. The van der Waals surface area contributed by atoms with E-state index in [9.17, 15) is 4.79 Å². The number of urea groups is 1. The SMILES string of the molecule is O=C(NCCCc1nc2ccccc2[nH]1)Nc1ccccc1Cl. The number of imidazole rings is 1. The number of rotatable bonds is 5. The van der Waals surface area contributed by atoms with Gasteiger partial charge in [-0.2, -0.15) is 0 Å². The lowest BCUT2D eigenvalue weighted by Gasteiger charge is -2.08. The molecule has 5 nitrogen and oxygen atoms in total. The molecule has 2 amide bonds. The van der Waals surface area contributed by atoms with Crippen LogP contribution in [-0.4, -0.2) is 22.5 Å². The lowest BCUT2D eigenvalue weighted by atomic mass is 10.3. The largest absolute Gasteiger partial charge is 0.342 e. The first-order valence-corrected chi connectivity index (χ1v) is 7.83. The van der Waals surface area contributed by atoms with Gasteiger partial charge in [-0.1, -0.05) is 35.9 Å². The smallest absolute Gasteiger partial charge is 0.319 e. The van der Waals surface area contributed by atoms with Gasteiger partial charge in [0.25, 0.3) is 0 Å². The number of para-hydroxylation sites is 3. The Balaban J connectivity index is 1.44. The number of halogens is 1. The molecule has 0 bridgehead atoms. The summed E-state index contributed by atoms with van der Waals surface area (Å²) in [5, 5.41) is 6.06. The van der Waals surface area contributed by atoms with Crippen LogP contribution in [0.1, 0.15) is 12.2 Å². The Bertz CT molecular complexity index is 782. The fourth-order valence-corrected chi connectivity index (χ4v) is 2.49. The van der Waals surface area contributed by atoms with Crippen LogP contribution in [0.4, 0.5) is 10.5 Å². The summed E-state index contributed by atoms with van der Waals surface area (Å²) in [5.74, 6) is 0.930. The maximum atomic E-state index is 11.8. The summed E-state index contributed by atoms with van der Waals surface area (Å²) in [6.07, 6.45) is 1.58. The van der Waals surface area contributed by atoms with Crippen molar-refractivity contribution in [2.75, 3.05) is 11.9 Å². The van der Waals surface area contributed by atoms with Gasteiger partial charge in [-0.25, -0.2) is 9.78 Å². The third-order valence-electron chi connectivity index (χ3n) is 3.44. The number of hydrogen-bond acceptors (Lipinski definition) is 2. The van der Waals surface area contributed by atoms with Crippen LogP contribution in [0, 0.1) is 0 Å². The summed E-state index contributed by atoms with van der Waals surface area (Å²) in [6, 6.07) is 14.8. The van der Waals surface area contributed by atoms with Gasteiger partial charge in [0.2, 0.25) is 0 Å². The van der Waals surface area contributed by atoms with Crippen molar-refractivity contribution in [3.05, 3.63) is 59.4 Å². The van der Waals surface area contributed by atoms with Gasteiger partial charge in [0.05, 0.1) is 21.7 Å². The van der Waals surface area contributed by atoms with Crippen LogP contribution in [0.3, 0.4) is 0 Å². The highest BCUT2D eigenvalue weighted by Gasteiger charge is 2.05. The minimum absolute atomic E-state index is 0.261. The van der Waals surface area contributed by atoms with Gasteiger partial charge in [-0.15, -0.1) is 0 Å². The number of aromatic amines is 1. The van der Waals surface area contributed by atoms with Crippen LogP contribution in [-0.2, 0) is 6.42 Å². The zero-order valence-corrected chi connectivity index (χ0v) is 13.2. The molecule has 0 aliphatic rings. The van der Waals surface area contributed by atoms with Crippen LogP contribution >= 0.6 is 11.6 Å². The zero-order chi connectivity index (χ0) is 16.1. The molecule has 0 saturated carbocycles. The quantitative estimate of drug-likeness (QED) is 0.620. The van der Waals surface area contributed by atoms with Gasteiger partial charge >= 0.3 is 6.03 Å². The first kappa shape index (κ1) is 15.4. The number of carbonyl (C=O) groups excluding carboxylic acids is 1. The molecule has 0 spiro atoms. The van der Waals surface area contributed by atoms with E-state index in [1.165, 1.54) is 0 Å². The van der Waals surface area contributed by atoms with Crippen molar-refractivity contribution in [3.8, 4) is 0 Å². The second-order valence-electron chi connectivity index (χ2n) is 5.16. The van der Waals surface area contributed by atoms with Crippen LogP contribution in [0.25, 0.3) is 11.0 Å². The van der Waals surface area contributed by atoms with E-state index in [2.05, 4.69) is 20.6 Å². The van der Waals surface area contributed by atoms with Gasteiger partial charge in [0.15, 0.2) is 0 Å². The summed E-state index contributed by atoms with van der Waals surface area (Å²) >= 11 is 5.99. The fraction of sp³-hybridized carbons (Fsp3) is 0.176. The number of nitrogens with zero attached hydrogens (tertiary/aromatic N) is 1. The highest BCUT2D eigenvalue weighted by molar-refractivity contribution is 6.33. The van der Waals surface area contributed by atoms with Crippen LogP contribution in [0.15, 0.2) is 48.5 Å². The molecule has 3 N–H and O–H groups in total. The van der Waals surface area contributed by atoms with E-state index in [0.717, 1.165) is 29.7 Å². The number of amides is 2. The standard InChI is InChI=1S/C17H17ClN4O/c18-12-6-1-2-7-13(12)22-17(23)19-11-5-10-16-20-14-8-3-4-9-15(14)21-16/h1-4,6-9H,5,10-11H2,(H,20,21)(H2,19,22,23). The summed E-state index contributed by atoms with van der Waals surface area (Å²) in [6.45, 7) is 0.563. The van der Waals surface area contributed by atoms with Crippen molar-refractivity contribution in [2.45, 2.75) is 12.8 Å². The maximum absolute atomic E-state index is 11.8. The van der Waals surface area contributed by atoms with Crippen molar-refractivity contribution in [3.63, 3.8) is 0 Å². The number of aromatic nitrogens is 2. The molecule has 0 unspecified atom stereocenters. The first-order chi connectivity index (χ1) is 11.2. The number of anilines is 1. The Labute approximate surface area is 139 Å². The Morgan fingerprint density at radius 1 is 1.13 bits per heavy atom. The molecule has 2 aromatic carbocycles. The molecule has 0 atom stereocenters. The van der Waals surface area contributed by atoms with E-state index in [0.29, 0.717) is 17.3 Å². The van der Waals surface area contributed by atoms with Crippen molar-refractivity contribution < 1.29 is 4.79 Å². The molecule has 23 heavy (non-hydrogen) atoms. The van der Waals surface area contributed by atoms with Gasteiger partial charge in [0, 0.05) is 13.0 Å². The molecule has 0 fully saturated rings. The summed E-state index contributed by atoms with van der Waals surface area (Å²) < 4.78 is 0. The number of hydrogen-bond donors (Lipinski definition) is 3. The molecule has 0 saturated heterocycles. The molecular formula is C17H17ClN4O. The minimum Gasteiger partial charge on any atom is -0.342 e. The zero-order valence-electron chi connectivity index (χ0n) is 12.5. The second-order valence-corrected chi connectivity index (χ2v) is 5.57. The molecule has 118 valence electrons. The number of benzene rings is 2. The van der Waals surface area contributed by atoms with Crippen LogP contribution in [0.2, 0.25) is 5.02 Å².